The average molecular weight is 221 g/mol. The predicted octanol–water partition coefficient (Wildman–Crippen LogP) is 1.23. The number of hydrogen-bond donors (Lipinski definition) is 2. The Labute approximate surface area is 96.4 Å². The zero-order valence-corrected chi connectivity index (χ0v) is 9.86. The van der Waals surface area contributed by atoms with E-state index in [0.717, 1.165) is 24.5 Å². The third-order valence-electron chi connectivity index (χ3n) is 2.41. The van der Waals surface area contributed by atoms with E-state index >= 15 is 0 Å². The van der Waals surface area contributed by atoms with Gasteiger partial charge in [-0.05, 0) is 19.1 Å². The van der Waals surface area contributed by atoms with Gasteiger partial charge in [-0.1, -0.05) is 12.1 Å². The number of hydrogen-bond acceptors (Lipinski definition) is 3. The van der Waals surface area contributed by atoms with Gasteiger partial charge in [0.05, 0.1) is 11.4 Å². The fourth-order valence-electron chi connectivity index (χ4n) is 1.59. The van der Waals surface area contributed by atoms with E-state index in [-0.39, 0.29) is 5.91 Å². The molecule has 0 aliphatic rings. The first kappa shape index (κ1) is 12.4. The number of nitrogens with zero attached hydrogens (tertiary/aromatic N) is 1. The van der Waals surface area contributed by atoms with Gasteiger partial charge in [-0.25, -0.2) is 0 Å². The summed E-state index contributed by atoms with van der Waals surface area (Å²) in [7, 11) is 0. The third kappa shape index (κ3) is 3.46. The summed E-state index contributed by atoms with van der Waals surface area (Å²) in [5.74, 6) is -0.00270. The molecule has 1 aromatic rings. The Morgan fingerprint density at radius 2 is 2.12 bits per heavy atom. The maximum atomic E-state index is 10.8. The number of nitrogen functional groups attached to an aromatic ring is 1. The van der Waals surface area contributed by atoms with E-state index in [9.17, 15) is 4.79 Å². The molecule has 0 spiro atoms. The number of carbonyl (C=O) groups excluding carboxylic acids is 1. The number of rotatable bonds is 5. The van der Waals surface area contributed by atoms with E-state index < -0.39 is 0 Å². The van der Waals surface area contributed by atoms with E-state index in [1.807, 2.05) is 24.3 Å². The number of carbonyl (C=O) groups is 1. The molecular weight excluding hydrogens is 202 g/mol. The summed E-state index contributed by atoms with van der Waals surface area (Å²) in [6, 6.07) is 7.76. The van der Waals surface area contributed by atoms with Crippen molar-refractivity contribution in [3.8, 4) is 0 Å². The zero-order chi connectivity index (χ0) is 12.0. The molecule has 0 aromatic heterocycles. The molecule has 1 rings (SSSR count). The molecule has 0 saturated carbocycles. The van der Waals surface area contributed by atoms with Gasteiger partial charge in [-0.3, -0.25) is 4.79 Å². The maximum absolute atomic E-state index is 10.8. The Kier molecular flexibility index (Phi) is 4.64. The van der Waals surface area contributed by atoms with Crippen molar-refractivity contribution in [1.82, 2.24) is 5.32 Å². The van der Waals surface area contributed by atoms with E-state index in [1.54, 1.807) is 0 Å². The molecule has 1 amide bonds. The lowest BCUT2D eigenvalue weighted by Crippen LogP contribution is -2.34. The van der Waals surface area contributed by atoms with Crippen molar-refractivity contribution in [2.75, 3.05) is 30.3 Å². The molecule has 0 heterocycles. The molecular formula is C12H19N3O. The number of para-hydroxylation sites is 2. The van der Waals surface area contributed by atoms with Crippen molar-refractivity contribution in [3.63, 3.8) is 0 Å². The van der Waals surface area contributed by atoms with Crippen LogP contribution in [0.5, 0.6) is 0 Å². The van der Waals surface area contributed by atoms with Crippen LogP contribution in [0.2, 0.25) is 0 Å². The molecule has 0 atom stereocenters. The highest BCUT2D eigenvalue weighted by atomic mass is 16.1. The molecule has 3 N–H and O–H groups in total. The van der Waals surface area contributed by atoms with Crippen molar-refractivity contribution < 1.29 is 4.79 Å². The summed E-state index contributed by atoms with van der Waals surface area (Å²) >= 11 is 0. The zero-order valence-electron chi connectivity index (χ0n) is 9.86. The molecule has 0 saturated heterocycles. The van der Waals surface area contributed by atoms with E-state index in [2.05, 4.69) is 17.1 Å². The van der Waals surface area contributed by atoms with Crippen LogP contribution in [0.15, 0.2) is 24.3 Å². The smallest absolute Gasteiger partial charge is 0.216 e. The minimum Gasteiger partial charge on any atom is -0.397 e. The molecule has 0 aliphatic carbocycles. The van der Waals surface area contributed by atoms with Crippen LogP contribution in [0.1, 0.15) is 13.8 Å². The van der Waals surface area contributed by atoms with Crippen LogP contribution in [-0.2, 0) is 4.79 Å². The summed E-state index contributed by atoms with van der Waals surface area (Å²) in [5, 5.41) is 2.78. The summed E-state index contributed by atoms with van der Waals surface area (Å²) in [6.45, 7) is 5.86. The molecule has 0 radical (unpaired) electrons. The second-order valence-electron chi connectivity index (χ2n) is 3.62. The van der Waals surface area contributed by atoms with Crippen LogP contribution in [0.4, 0.5) is 11.4 Å². The van der Waals surface area contributed by atoms with Gasteiger partial charge >= 0.3 is 0 Å². The maximum Gasteiger partial charge on any atom is 0.216 e. The second kappa shape index (κ2) is 6.00. The van der Waals surface area contributed by atoms with Crippen LogP contribution in [0.3, 0.4) is 0 Å². The highest BCUT2D eigenvalue weighted by Gasteiger charge is 2.06. The molecule has 0 unspecified atom stereocenters. The highest BCUT2D eigenvalue weighted by molar-refractivity contribution is 5.73. The number of nitrogens with two attached hydrogens (primary N) is 1. The van der Waals surface area contributed by atoms with Gasteiger partial charge in [0.15, 0.2) is 0 Å². The molecule has 4 heteroatoms. The third-order valence-corrected chi connectivity index (χ3v) is 2.41. The van der Waals surface area contributed by atoms with E-state index in [0.29, 0.717) is 6.54 Å². The summed E-state index contributed by atoms with van der Waals surface area (Å²) in [6.07, 6.45) is 0. The predicted molar refractivity (Wildman–Crippen MR) is 67.4 cm³/mol. The fourth-order valence-corrected chi connectivity index (χ4v) is 1.59. The van der Waals surface area contributed by atoms with Crippen molar-refractivity contribution in [3.05, 3.63) is 24.3 Å². The SMILES string of the molecule is CCN(CCNC(C)=O)c1ccccc1N. The van der Waals surface area contributed by atoms with Crippen LogP contribution in [0, 0.1) is 0 Å². The van der Waals surface area contributed by atoms with Crippen molar-refractivity contribution in [2.24, 2.45) is 0 Å². The lowest BCUT2D eigenvalue weighted by Gasteiger charge is -2.24. The quantitative estimate of drug-likeness (QED) is 0.735. The van der Waals surface area contributed by atoms with Gasteiger partial charge in [-0.2, -0.15) is 0 Å². The van der Waals surface area contributed by atoms with Gasteiger partial charge in [0.25, 0.3) is 0 Å². The van der Waals surface area contributed by atoms with Crippen LogP contribution < -0.4 is 16.0 Å². The lowest BCUT2D eigenvalue weighted by atomic mass is 10.2. The number of anilines is 2. The van der Waals surface area contributed by atoms with E-state index in [4.69, 9.17) is 5.73 Å². The van der Waals surface area contributed by atoms with Crippen molar-refractivity contribution >= 4 is 17.3 Å². The van der Waals surface area contributed by atoms with Crippen LogP contribution >= 0.6 is 0 Å². The number of amides is 1. The Bertz CT molecular complexity index is 352. The Morgan fingerprint density at radius 3 is 2.69 bits per heavy atom. The largest absolute Gasteiger partial charge is 0.397 e. The van der Waals surface area contributed by atoms with Gasteiger partial charge in [0, 0.05) is 26.6 Å². The average Bonchev–Trinajstić information content (AvgIpc) is 2.25. The van der Waals surface area contributed by atoms with Crippen LogP contribution in [-0.4, -0.2) is 25.5 Å². The number of nitrogens with one attached hydrogen (secondary N) is 1. The van der Waals surface area contributed by atoms with Gasteiger partial charge in [0.2, 0.25) is 5.91 Å². The minimum absolute atomic E-state index is 0.00270. The van der Waals surface area contributed by atoms with Crippen molar-refractivity contribution in [1.29, 1.82) is 0 Å². The Morgan fingerprint density at radius 1 is 1.44 bits per heavy atom. The Hall–Kier alpha value is -1.71. The molecule has 1 aromatic carbocycles. The molecule has 88 valence electrons. The van der Waals surface area contributed by atoms with Crippen molar-refractivity contribution in [2.45, 2.75) is 13.8 Å². The monoisotopic (exact) mass is 221 g/mol. The normalized spacial score (nSPS) is 9.88. The number of benzene rings is 1. The molecule has 0 fully saturated rings. The number of likely N-dealkylation sites (N-methyl/N-ethyl adjacent to an activating group) is 1. The van der Waals surface area contributed by atoms with Gasteiger partial charge in [0.1, 0.15) is 0 Å². The lowest BCUT2D eigenvalue weighted by molar-refractivity contribution is -0.118. The minimum atomic E-state index is -0.00270. The molecule has 16 heavy (non-hydrogen) atoms. The van der Waals surface area contributed by atoms with E-state index in [1.165, 1.54) is 6.92 Å². The standard InChI is InChI=1S/C12H19N3O/c1-3-15(9-8-14-10(2)16)12-7-5-4-6-11(12)13/h4-7H,3,8-9,13H2,1-2H3,(H,14,16). The fraction of sp³-hybridized carbons (Fsp3) is 0.417. The molecule has 0 bridgehead atoms. The first-order valence-electron chi connectivity index (χ1n) is 5.49. The Balaban J connectivity index is 2.60. The molecule has 0 aliphatic heterocycles. The summed E-state index contributed by atoms with van der Waals surface area (Å²) in [4.78, 5) is 12.9. The highest BCUT2D eigenvalue weighted by Crippen LogP contribution is 2.21. The second-order valence-corrected chi connectivity index (χ2v) is 3.62. The topological polar surface area (TPSA) is 58.4 Å². The molecule has 4 nitrogen and oxygen atoms in total. The first-order valence-corrected chi connectivity index (χ1v) is 5.49. The summed E-state index contributed by atoms with van der Waals surface area (Å²) in [5.41, 5.74) is 7.69. The van der Waals surface area contributed by atoms with Gasteiger partial charge in [-0.15, -0.1) is 0 Å². The summed E-state index contributed by atoms with van der Waals surface area (Å²) < 4.78 is 0. The van der Waals surface area contributed by atoms with Crippen LogP contribution in [0.25, 0.3) is 0 Å². The first-order chi connectivity index (χ1) is 7.65. The van der Waals surface area contributed by atoms with Gasteiger partial charge < -0.3 is 16.0 Å².